The monoisotopic (exact) mass is 267 g/mol. The number of nitrogens with two attached hydrogens (primary N) is 1. The molecule has 0 amide bonds. The molecular weight excluding hydrogens is 258 g/mol. The summed E-state index contributed by atoms with van der Waals surface area (Å²) >= 11 is 7.24. The minimum absolute atomic E-state index is 0.125. The van der Waals surface area contributed by atoms with Gasteiger partial charge in [0.1, 0.15) is 11.5 Å². The lowest BCUT2D eigenvalue weighted by Gasteiger charge is -2.07. The van der Waals surface area contributed by atoms with Crippen molar-refractivity contribution in [1.82, 2.24) is 0 Å². The fraction of sp³-hybridized carbons (Fsp3) is 0. The molecule has 0 heterocycles. The number of hydrogen-bond acceptors (Lipinski definition) is 4. The van der Waals surface area contributed by atoms with E-state index < -0.39 is 0 Å². The second-order valence-corrected chi connectivity index (χ2v) is 4.93. The summed E-state index contributed by atoms with van der Waals surface area (Å²) in [5, 5.41) is 19.6. The molecule has 0 aliphatic heterocycles. The maximum Gasteiger partial charge on any atom is 0.129 e. The molecule has 4 N–H and O–H groups in total. The third-order valence-electron chi connectivity index (χ3n) is 2.12. The van der Waals surface area contributed by atoms with Crippen LogP contribution in [0.3, 0.4) is 0 Å². The highest BCUT2D eigenvalue weighted by molar-refractivity contribution is 7.99. The molecule has 0 aromatic heterocycles. The molecule has 0 bridgehead atoms. The van der Waals surface area contributed by atoms with Crippen molar-refractivity contribution >= 4 is 29.1 Å². The summed E-state index contributed by atoms with van der Waals surface area (Å²) in [5.41, 5.74) is 6.20. The van der Waals surface area contributed by atoms with E-state index in [4.69, 9.17) is 17.3 Å². The third kappa shape index (κ3) is 2.78. The molecule has 0 fully saturated rings. The maximum absolute atomic E-state index is 9.67. The van der Waals surface area contributed by atoms with E-state index in [1.165, 1.54) is 30.0 Å². The number of halogens is 1. The third-order valence-corrected chi connectivity index (χ3v) is 3.66. The van der Waals surface area contributed by atoms with E-state index in [1.54, 1.807) is 18.2 Å². The zero-order chi connectivity index (χ0) is 12.4. The number of phenolic OH excluding ortho intramolecular Hbond substituents is 2. The van der Waals surface area contributed by atoms with Crippen molar-refractivity contribution in [1.29, 1.82) is 0 Å². The Morgan fingerprint density at radius 3 is 2.53 bits per heavy atom. The van der Waals surface area contributed by atoms with Gasteiger partial charge in [-0.05, 0) is 36.4 Å². The summed E-state index contributed by atoms with van der Waals surface area (Å²) in [6, 6.07) is 9.43. The zero-order valence-corrected chi connectivity index (χ0v) is 10.3. The number of rotatable bonds is 2. The van der Waals surface area contributed by atoms with Crippen molar-refractivity contribution in [2.75, 3.05) is 5.73 Å². The highest BCUT2D eigenvalue weighted by Gasteiger charge is 2.08. The Balaban J connectivity index is 2.37. The van der Waals surface area contributed by atoms with Crippen LogP contribution in [0.5, 0.6) is 11.5 Å². The van der Waals surface area contributed by atoms with Gasteiger partial charge in [0.25, 0.3) is 0 Å². The normalized spacial score (nSPS) is 10.4. The Hall–Kier alpha value is -1.52. The molecule has 0 spiro atoms. The predicted molar refractivity (Wildman–Crippen MR) is 69.8 cm³/mol. The average molecular weight is 268 g/mol. The van der Waals surface area contributed by atoms with Crippen molar-refractivity contribution in [3.05, 3.63) is 41.4 Å². The molecule has 0 unspecified atom stereocenters. The number of nitrogen functional groups attached to an aromatic ring is 1. The quantitative estimate of drug-likeness (QED) is 0.576. The second-order valence-electron chi connectivity index (χ2n) is 3.44. The second kappa shape index (κ2) is 4.77. The molecule has 0 aliphatic rings. The fourth-order valence-electron chi connectivity index (χ4n) is 1.30. The topological polar surface area (TPSA) is 66.5 Å². The molecule has 0 radical (unpaired) electrons. The van der Waals surface area contributed by atoms with Crippen LogP contribution in [-0.2, 0) is 0 Å². The molecule has 0 aliphatic carbocycles. The van der Waals surface area contributed by atoms with Gasteiger partial charge in [-0.1, -0.05) is 23.4 Å². The van der Waals surface area contributed by atoms with Gasteiger partial charge in [0.15, 0.2) is 0 Å². The predicted octanol–water partition coefficient (Wildman–Crippen LogP) is 3.48. The van der Waals surface area contributed by atoms with Crippen LogP contribution in [0.25, 0.3) is 0 Å². The minimum atomic E-state index is 0.125. The molecule has 0 saturated carbocycles. The first kappa shape index (κ1) is 12.0. The summed E-state index contributed by atoms with van der Waals surface area (Å²) in [6.45, 7) is 0. The largest absolute Gasteiger partial charge is 0.508 e. The van der Waals surface area contributed by atoms with Crippen LogP contribution in [0, 0.1) is 0 Å². The number of phenols is 2. The molecule has 17 heavy (non-hydrogen) atoms. The maximum atomic E-state index is 9.67. The van der Waals surface area contributed by atoms with Gasteiger partial charge < -0.3 is 15.9 Å². The lowest BCUT2D eigenvalue weighted by atomic mass is 10.3. The Kier molecular flexibility index (Phi) is 3.36. The molecule has 2 aromatic rings. The van der Waals surface area contributed by atoms with E-state index >= 15 is 0 Å². The van der Waals surface area contributed by atoms with E-state index in [2.05, 4.69) is 0 Å². The van der Waals surface area contributed by atoms with Gasteiger partial charge in [-0.2, -0.15) is 0 Å². The Morgan fingerprint density at radius 1 is 1.00 bits per heavy atom. The van der Waals surface area contributed by atoms with Gasteiger partial charge in [-0.15, -0.1) is 0 Å². The summed E-state index contributed by atoms with van der Waals surface area (Å²) in [6.07, 6.45) is 0. The SMILES string of the molecule is Nc1ccc(O)c(Sc2cc(O)ccc2Cl)c1. The van der Waals surface area contributed by atoms with Crippen LogP contribution in [0.1, 0.15) is 0 Å². The summed E-state index contributed by atoms with van der Waals surface area (Å²) < 4.78 is 0. The van der Waals surface area contributed by atoms with Crippen molar-refractivity contribution in [2.45, 2.75) is 9.79 Å². The number of aromatic hydroxyl groups is 2. The van der Waals surface area contributed by atoms with E-state index in [-0.39, 0.29) is 11.5 Å². The highest BCUT2D eigenvalue weighted by atomic mass is 35.5. The first-order valence-electron chi connectivity index (χ1n) is 4.81. The zero-order valence-electron chi connectivity index (χ0n) is 8.72. The van der Waals surface area contributed by atoms with Crippen molar-refractivity contribution in [3.63, 3.8) is 0 Å². The molecule has 0 saturated heterocycles. The molecule has 2 rings (SSSR count). The van der Waals surface area contributed by atoms with Crippen molar-refractivity contribution in [3.8, 4) is 11.5 Å². The van der Waals surface area contributed by atoms with Gasteiger partial charge in [0.05, 0.1) is 9.92 Å². The van der Waals surface area contributed by atoms with Gasteiger partial charge in [-0.3, -0.25) is 0 Å². The molecule has 3 nitrogen and oxygen atoms in total. The standard InChI is InChI=1S/C12H10ClNO2S/c13-9-3-2-8(15)6-11(9)17-12-5-7(14)1-4-10(12)16/h1-6,15-16H,14H2. The van der Waals surface area contributed by atoms with Crippen LogP contribution >= 0.6 is 23.4 Å². The number of anilines is 1. The van der Waals surface area contributed by atoms with E-state index in [0.717, 1.165) is 0 Å². The van der Waals surface area contributed by atoms with Crippen molar-refractivity contribution < 1.29 is 10.2 Å². The van der Waals surface area contributed by atoms with Crippen LogP contribution < -0.4 is 5.73 Å². The van der Waals surface area contributed by atoms with Crippen LogP contribution in [0.2, 0.25) is 5.02 Å². The summed E-state index contributed by atoms with van der Waals surface area (Å²) in [5.74, 6) is 0.254. The Morgan fingerprint density at radius 2 is 1.76 bits per heavy atom. The van der Waals surface area contributed by atoms with E-state index in [9.17, 15) is 10.2 Å². The van der Waals surface area contributed by atoms with Crippen LogP contribution in [0.4, 0.5) is 5.69 Å². The highest BCUT2D eigenvalue weighted by Crippen LogP contribution is 2.39. The lowest BCUT2D eigenvalue weighted by molar-refractivity contribution is 0.462. The minimum Gasteiger partial charge on any atom is -0.508 e. The molecule has 88 valence electrons. The smallest absolute Gasteiger partial charge is 0.129 e. The van der Waals surface area contributed by atoms with Gasteiger partial charge in [-0.25, -0.2) is 0 Å². The van der Waals surface area contributed by atoms with Gasteiger partial charge in [0, 0.05) is 10.6 Å². The van der Waals surface area contributed by atoms with Crippen molar-refractivity contribution in [2.24, 2.45) is 0 Å². The Labute approximate surface area is 108 Å². The first-order valence-corrected chi connectivity index (χ1v) is 6.00. The fourth-order valence-corrected chi connectivity index (χ4v) is 2.48. The lowest BCUT2D eigenvalue weighted by Crippen LogP contribution is -1.85. The molecule has 0 atom stereocenters. The molecule has 5 heteroatoms. The Bertz CT molecular complexity index is 511. The van der Waals surface area contributed by atoms with E-state index in [0.29, 0.717) is 20.5 Å². The number of hydrogen-bond donors (Lipinski definition) is 3. The molecular formula is C12H10ClNO2S. The summed E-state index contributed by atoms with van der Waals surface area (Å²) in [4.78, 5) is 1.25. The molecule has 2 aromatic carbocycles. The van der Waals surface area contributed by atoms with Gasteiger partial charge in [0.2, 0.25) is 0 Å². The van der Waals surface area contributed by atoms with Gasteiger partial charge >= 0.3 is 0 Å². The average Bonchev–Trinajstić information content (AvgIpc) is 2.28. The van der Waals surface area contributed by atoms with Crippen LogP contribution in [0.15, 0.2) is 46.2 Å². The van der Waals surface area contributed by atoms with Crippen LogP contribution in [-0.4, -0.2) is 10.2 Å². The van der Waals surface area contributed by atoms with E-state index in [1.807, 2.05) is 0 Å². The number of benzene rings is 2. The summed E-state index contributed by atoms with van der Waals surface area (Å²) in [7, 11) is 0. The first-order chi connectivity index (χ1) is 8.06.